The van der Waals surface area contributed by atoms with Crippen molar-refractivity contribution in [2.45, 2.75) is 25.3 Å². The average molecular weight is 527 g/mol. The summed E-state index contributed by atoms with van der Waals surface area (Å²) in [4.78, 5) is 20.2. The number of nitrogens with two attached hydrogens (primary N) is 1. The number of rotatable bonds is 6. The molecule has 0 spiro atoms. The molecular formula is C29H31FN8O. The van der Waals surface area contributed by atoms with Crippen LogP contribution in [0.3, 0.4) is 0 Å². The Hall–Kier alpha value is -4.31. The van der Waals surface area contributed by atoms with E-state index in [0.29, 0.717) is 40.9 Å². The van der Waals surface area contributed by atoms with Gasteiger partial charge in [0.15, 0.2) is 5.82 Å². The lowest BCUT2D eigenvalue weighted by atomic mass is 9.93. The number of benzene rings is 2. The summed E-state index contributed by atoms with van der Waals surface area (Å²) in [6.45, 7) is 2.61. The number of piperidine rings is 1. The van der Waals surface area contributed by atoms with Crippen molar-refractivity contribution in [3.63, 3.8) is 0 Å². The minimum atomic E-state index is -0.336. The molecule has 0 unspecified atom stereocenters. The standard InChI is InChI=1S/C29H31FN8O/c1-35(2)27(39)17-36-10-8-20(9-11-36)26-14-22(28-29(31)32-18-33-38(26)28)21-12-24(30)23-16-37(34-25(23)13-21)15-19-6-4-3-5-7-19/h3-7,12-14,16,18,20H,8-11,15,17H2,1-2H3,(H2,31,32,33). The van der Waals surface area contributed by atoms with Crippen LogP contribution < -0.4 is 5.73 Å². The van der Waals surface area contributed by atoms with Crippen LogP contribution in [-0.2, 0) is 11.3 Å². The molecule has 0 radical (unpaired) electrons. The summed E-state index contributed by atoms with van der Waals surface area (Å²) in [7, 11) is 3.56. The molecule has 0 bridgehead atoms. The van der Waals surface area contributed by atoms with E-state index in [4.69, 9.17) is 5.73 Å². The van der Waals surface area contributed by atoms with Crippen LogP contribution in [-0.4, -0.2) is 73.8 Å². The molecule has 3 aromatic heterocycles. The Morgan fingerprint density at radius 2 is 1.90 bits per heavy atom. The Morgan fingerprint density at radius 3 is 2.64 bits per heavy atom. The van der Waals surface area contributed by atoms with Crippen LogP contribution in [0.15, 0.2) is 61.1 Å². The minimum Gasteiger partial charge on any atom is -0.382 e. The fourth-order valence-corrected chi connectivity index (χ4v) is 5.46. The van der Waals surface area contributed by atoms with Gasteiger partial charge in [0.05, 0.1) is 24.0 Å². The van der Waals surface area contributed by atoms with Crippen molar-refractivity contribution in [3.8, 4) is 11.1 Å². The van der Waals surface area contributed by atoms with E-state index in [1.165, 1.54) is 12.4 Å². The summed E-state index contributed by atoms with van der Waals surface area (Å²) in [6.07, 6.45) is 4.97. The first kappa shape index (κ1) is 25.0. The molecular weight excluding hydrogens is 495 g/mol. The molecule has 6 rings (SSSR count). The number of amides is 1. The van der Waals surface area contributed by atoms with Gasteiger partial charge in [-0.3, -0.25) is 14.4 Å². The van der Waals surface area contributed by atoms with Crippen molar-refractivity contribution in [1.29, 1.82) is 0 Å². The van der Waals surface area contributed by atoms with Gasteiger partial charge in [-0.25, -0.2) is 13.9 Å². The molecule has 1 aliphatic heterocycles. The topological polar surface area (TPSA) is 97.6 Å². The van der Waals surface area contributed by atoms with E-state index in [0.717, 1.165) is 42.8 Å². The number of hydrogen-bond acceptors (Lipinski definition) is 6. The molecule has 2 N–H and O–H groups in total. The van der Waals surface area contributed by atoms with Crippen LogP contribution in [0.2, 0.25) is 0 Å². The van der Waals surface area contributed by atoms with Crippen molar-refractivity contribution in [1.82, 2.24) is 34.2 Å². The van der Waals surface area contributed by atoms with Crippen molar-refractivity contribution in [3.05, 3.63) is 78.1 Å². The largest absolute Gasteiger partial charge is 0.382 e. The molecule has 0 saturated carbocycles. The van der Waals surface area contributed by atoms with Crippen LogP contribution in [0.4, 0.5) is 10.2 Å². The number of carbonyl (C=O) groups is 1. The number of nitrogens with zero attached hydrogens (tertiary/aromatic N) is 7. The van der Waals surface area contributed by atoms with Crippen molar-refractivity contribution in [2.75, 3.05) is 39.5 Å². The lowest BCUT2D eigenvalue weighted by Crippen LogP contribution is -2.40. The van der Waals surface area contributed by atoms with Crippen molar-refractivity contribution in [2.24, 2.45) is 0 Å². The van der Waals surface area contributed by atoms with Crippen LogP contribution in [0.1, 0.15) is 30.0 Å². The zero-order chi connectivity index (χ0) is 27.1. The van der Waals surface area contributed by atoms with Gasteiger partial charge in [-0.1, -0.05) is 30.3 Å². The maximum atomic E-state index is 15.4. The van der Waals surface area contributed by atoms with Gasteiger partial charge in [0, 0.05) is 37.5 Å². The maximum absolute atomic E-state index is 15.4. The van der Waals surface area contributed by atoms with Gasteiger partial charge in [0.1, 0.15) is 17.7 Å². The highest BCUT2D eigenvalue weighted by molar-refractivity contribution is 5.93. The van der Waals surface area contributed by atoms with E-state index in [9.17, 15) is 4.79 Å². The second-order valence-electron chi connectivity index (χ2n) is 10.4. The second-order valence-corrected chi connectivity index (χ2v) is 10.4. The van der Waals surface area contributed by atoms with E-state index in [1.807, 2.05) is 40.9 Å². The number of likely N-dealkylation sites (tertiary alicyclic amines) is 1. The molecule has 0 aliphatic carbocycles. The van der Waals surface area contributed by atoms with E-state index in [1.54, 1.807) is 29.9 Å². The fourth-order valence-electron chi connectivity index (χ4n) is 5.46. The first-order valence-corrected chi connectivity index (χ1v) is 13.1. The predicted octanol–water partition coefficient (Wildman–Crippen LogP) is 3.78. The number of halogens is 1. The fraction of sp³-hybridized carbons (Fsp3) is 0.310. The van der Waals surface area contributed by atoms with Gasteiger partial charge >= 0.3 is 0 Å². The summed E-state index contributed by atoms with van der Waals surface area (Å²) in [5.41, 5.74) is 11.2. The molecule has 1 fully saturated rings. The zero-order valence-electron chi connectivity index (χ0n) is 22.1. The number of nitrogen functional groups attached to an aromatic ring is 1. The van der Waals surface area contributed by atoms with Crippen LogP contribution in [0.25, 0.3) is 27.5 Å². The van der Waals surface area contributed by atoms with E-state index < -0.39 is 0 Å². The van der Waals surface area contributed by atoms with Gasteiger partial charge in [-0.15, -0.1) is 0 Å². The van der Waals surface area contributed by atoms with Crippen LogP contribution in [0.5, 0.6) is 0 Å². The van der Waals surface area contributed by atoms with Crippen molar-refractivity contribution >= 4 is 28.1 Å². The molecule has 10 heteroatoms. The van der Waals surface area contributed by atoms with Gasteiger partial charge in [0.2, 0.25) is 5.91 Å². The third kappa shape index (κ3) is 4.83. The first-order chi connectivity index (χ1) is 18.9. The summed E-state index contributed by atoms with van der Waals surface area (Å²) in [5.74, 6) is 0.338. The lowest BCUT2D eigenvalue weighted by molar-refractivity contribution is -0.130. The molecule has 2 aromatic carbocycles. The Morgan fingerprint density at radius 1 is 1.13 bits per heavy atom. The van der Waals surface area contributed by atoms with E-state index in [-0.39, 0.29) is 17.6 Å². The quantitative estimate of drug-likeness (QED) is 0.362. The smallest absolute Gasteiger partial charge is 0.236 e. The molecule has 39 heavy (non-hydrogen) atoms. The maximum Gasteiger partial charge on any atom is 0.236 e. The molecule has 0 atom stereocenters. The Kier molecular flexibility index (Phi) is 6.48. The van der Waals surface area contributed by atoms with Gasteiger partial charge in [0.25, 0.3) is 0 Å². The highest BCUT2D eigenvalue weighted by Gasteiger charge is 2.27. The predicted molar refractivity (Wildman–Crippen MR) is 149 cm³/mol. The third-order valence-corrected chi connectivity index (χ3v) is 7.59. The molecule has 4 heterocycles. The normalized spacial score (nSPS) is 14.8. The highest BCUT2D eigenvalue weighted by Crippen LogP contribution is 2.38. The number of anilines is 1. The first-order valence-electron chi connectivity index (χ1n) is 13.1. The number of aromatic nitrogens is 5. The van der Waals surface area contributed by atoms with E-state index in [2.05, 4.69) is 26.1 Å². The SMILES string of the molecule is CN(C)C(=O)CN1CCC(c2cc(-c3cc(F)c4cn(Cc5ccccc5)nc4c3)c3c(N)ncnn23)CC1. The molecule has 1 amide bonds. The average Bonchev–Trinajstić information content (AvgIpc) is 3.52. The number of carbonyl (C=O) groups excluding carboxylic acids is 1. The van der Waals surface area contributed by atoms with Gasteiger partial charge < -0.3 is 10.6 Å². The molecule has 1 saturated heterocycles. The second kappa shape index (κ2) is 10.1. The Labute approximate surface area is 225 Å². The Bertz CT molecular complexity index is 1650. The number of likely N-dealkylation sites (N-methyl/N-ethyl adjacent to an activating group) is 1. The van der Waals surface area contributed by atoms with E-state index >= 15 is 4.39 Å². The third-order valence-electron chi connectivity index (χ3n) is 7.59. The molecule has 5 aromatic rings. The van der Waals surface area contributed by atoms with Crippen molar-refractivity contribution < 1.29 is 9.18 Å². The van der Waals surface area contributed by atoms with Crippen LogP contribution >= 0.6 is 0 Å². The summed E-state index contributed by atoms with van der Waals surface area (Å²) in [6, 6.07) is 15.5. The Balaban J connectivity index is 1.33. The zero-order valence-corrected chi connectivity index (χ0v) is 22.1. The minimum absolute atomic E-state index is 0.105. The van der Waals surface area contributed by atoms with Gasteiger partial charge in [-0.05, 0) is 55.3 Å². The highest BCUT2D eigenvalue weighted by atomic mass is 19.1. The van der Waals surface area contributed by atoms with Gasteiger partial charge in [-0.2, -0.15) is 10.2 Å². The molecule has 9 nitrogen and oxygen atoms in total. The molecule has 200 valence electrons. The number of hydrogen-bond donors (Lipinski definition) is 1. The summed E-state index contributed by atoms with van der Waals surface area (Å²) >= 11 is 0. The molecule has 1 aliphatic rings. The lowest BCUT2D eigenvalue weighted by Gasteiger charge is -2.31. The summed E-state index contributed by atoms with van der Waals surface area (Å²) in [5, 5.41) is 9.67. The van der Waals surface area contributed by atoms with Crippen LogP contribution in [0, 0.1) is 5.82 Å². The summed E-state index contributed by atoms with van der Waals surface area (Å²) < 4.78 is 19.0. The monoisotopic (exact) mass is 526 g/mol. The number of fused-ring (bicyclic) bond motifs is 2.